The molecule has 0 heterocycles. The highest BCUT2D eigenvalue weighted by molar-refractivity contribution is 4.67. The summed E-state index contributed by atoms with van der Waals surface area (Å²) < 4.78 is 0. The summed E-state index contributed by atoms with van der Waals surface area (Å²) in [4.78, 5) is 0. The molecular formula is C8H18O2. The van der Waals surface area contributed by atoms with Gasteiger partial charge in [-0.15, -0.1) is 0 Å². The molecule has 0 aliphatic heterocycles. The molecule has 2 nitrogen and oxygen atoms in total. The number of aliphatic hydroxyl groups excluding tert-OH is 2. The zero-order valence-corrected chi connectivity index (χ0v) is 7.04. The van der Waals surface area contributed by atoms with Gasteiger partial charge in [-0.25, -0.2) is 0 Å². The van der Waals surface area contributed by atoms with Crippen molar-refractivity contribution in [3.05, 3.63) is 0 Å². The van der Waals surface area contributed by atoms with Gasteiger partial charge in [-0.05, 0) is 18.8 Å². The SMILES string of the molecule is CC[C@H](CO)[C@H](C)[C@@H](C)O. The van der Waals surface area contributed by atoms with Crippen molar-refractivity contribution in [2.75, 3.05) is 6.61 Å². The molecule has 0 bridgehead atoms. The average Bonchev–Trinajstić information content (AvgIpc) is 1.90. The lowest BCUT2D eigenvalue weighted by Gasteiger charge is -2.22. The second-order valence-corrected chi connectivity index (χ2v) is 2.95. The first kappa shape index (κ1) is 9.92. The lowest BCUT2D eigenvalue weighted by atomic mass is 9.89. The van der Waals surface area contributed by atoms with E-state index in [1.54, 1.807) is 6.92 Å². The molecular weight excluding hydrogens is 128 g/mol. The van der Waals surface area contributed by atoms with Crippen LogP contribution in [0.15, 0.2) is 0 Å². The lowest BCUT2D eigenvalue weighted by Crippen LogP contribution is -2.24. The Morgan fingerprint density at radius 1 is 1.30 bits per heavy atom. The summed E-state index contributed by atoms with van der Waals surface area (Å²) in [6.07, 6.45) is 0.625. The van der Waals surface area contributed by atoms with Gasteiger partial charge in [0.25, 0.3) is 0 Å². The zero-order valence-electron chi connectivity index (χ0n) is 7.04. The first-order chi connectivity index (χ1) is 4.63. The van der Waals surface area contributed by atoms with Crippen molar-refractivity contribution in [3.63, 3.8) is 0 Å². The topological polar surface area (TPSA) is 40.5 Å². The van der Waals surface area contributed by atoms with Gasteiger partial charge in [-0.1, -0.05) is 20.3 Å². The quantitative estimate of drug-likeness (QED) is 0.621. The van der Waals surface area contributed by atoms with E-state index in [4.69, 9.17) is 10.2 Å². The Morgan fingerprint density at radius 2 is 1.80 bits per heavy atom. The van der Waals surface area contributed by atoms with Gasteiger partial charge in [-0.2, -0.15) is 0 Å². The summed E-state index contributed by atoms with van der Waals surface area (Å²) in [5.74, 6) is 0.454. The minimum Gasteiger partial charge on any atom is -0.396 e. The highest BCUT2D eigenvalue weighted by Gasteiger charge is 2.18. The Labute approximate surface area is 62.9 Å². The maximum absolute atomic E-state index is 9.14. The van der Waals surface area contributed by atoms with E-state index in [0.717, 1.165) is 6.42 Å². The Bertz CT molecular complexity index is 77.3. The molecule has 2 heteroatoms. The molecule has 0 saturated heterocycles. The number of aliphatic hydroxyl groups is 2. The molecule has 0 unspecified atom stereocenters. The Hall–Kier alpha value is -0.0800. The highest BCUT2D eigenvalue weighted by atomic mass is 16.3. The fourth-order valence-corrected chi connectivity index (χ4v) is 1.06. The molecule has 0 spiro atoms. The third-order valence-corrected chi connectivity index (χ3v) is 2.26. The molecule has 0 aromatic rings. The summed E-state index contributed by atoms with van der Waals surface area (Å²) in [5, 5.41) is 18.0. The molecule has 0 aliphatic rings. The van der Waals surface area contributed by atoms with Crippen LogP contribution >= 0.6 is 0 Å². The summed E-state index contributed by atoms with van der Waals surface area (Å²) in [6, 6.07) is 0. The van der Waals surface area contributed by atoms with E-state index in [1.807, 2.05) is 13.8 Å². The van der Waals surface area contributed by atoms with Crippen LogP contribution in [0.3, 0.4) is 0 Å². The second-order valence-electron chi connectivity index (χ2n) is 2.95. The van der Waals surface area contributed by atoms with Gasteiger partial charge in [0, 0.05) is 6.61 Å². The number of rotatable bonds is 4. The zero-order chi connectivity index (χ0) is 8.15. The standard InChI is InChI=1S/C8H18O2/c1-4-8(5-9)6(2)7(3)10/h6-10H,4-5H2,1-3H3/t6-,7-,8-/m1/s1. The predicted molar refractivity (Wildman–Crippen MR) is 41.7 cm³/mol. The van der Waals surface area contributed by atoms with Crippen LogP contribution in [0.1, 0.15) is 27.2 Å². The van der Waals surface area contributed by atoms with Gasteiger partial charge in [0.1, 0.15) is 0 Å². The van der Waals surface area contributed by atoms with Gasteiger partial charge in [0.15, 0.2) is 0 Å². The van der Waals surface area contributed by atoms with E-state index >= 15 is 0 Å². The molecule has 0 amide bonds. The van der Waals surface area contributed by atoms with E-state index in [-0.39, 0.29) is 24.5 Å². The Balaban J connectivity index is 3.76. The molecule has 3 atom stereocenters. The Morgan fingerprint density at radius 3 is 1.90 bits per heavy atom. The van der Waals surface area contributed by atoms with Gasteiger partial charge in [0.05, 0.1) is 6.10 Å². The molecule has 0 aromatic heterocycles. The minimum atomic E-state index is -0.308. The van der Waals surface area contributed by atoms with Gasteiger partial charge in [0.2, 0.25) is 0 Å². The predicted octanol–water partition coefficient (Wildman–Crippen LogP) is 1.02. The van der Waals surface area contributed by atoms with Crippen LogP contribution < -0.4 is 0 Å². The molecule has 0 aliphatic carbocycles. The van der Waals surface area contributed by atoms with Crippen LogP contribution in [0.2, 0.25) is 0 Å². The molecule has 0 saturated carbocycles. The van der Waals surface area contributed by atoms with Gasteiger partial charge < -0.3 is 10.2 Å². The van der Waals surface area contributed by atoms with Crippen LogP contribution in [-0.2, 0) is 0 Å². The number of hydrogen-bond donors (Lipinski definition) is 2. The van der Waals surface area contributed by atoms with Crippen LogP contribution in [0.5, 0.6) is 0 Å². The van der Waals surface area contributed by atoms with Crippen LogP contribution in [-0.4, -0.2) is 22.9 Å². The van der Waals surface area contributed by atoms with E-state index in [2.05, 4.69) is 0 Å². The molecule has 0 radical (unpaired) electrons. The van der Waals surface area contributed by atoms with Crippen molar-refractivity contribution in [1.29, 1.82) is 0 Å². The molecule has 0 aromatic carbocycles. The van der Waals surface area contributed by atoms with Gasteiger partial charge in [-0.3, -0.25) is 0 Å². The maximum atomic E-state index is 9.14. The monoisotopic (exact) mass is 146 g/mol. The summed E-state index contributed by atoms with van der Waals surface area (Å²) in [5.41, 5.74) is 0. The highest BCUT2D eigenvalue weighted by Crippen LogP contribution is 2.17. The summed E-state index contributed by atoms with van der Waals surface area (Å²) in [6.45, 7) is 5.94. The van der Waals surface area contributed by atoms with Crippen LogP contribution in [0.4, 0.5) is 0 Å². The van der Waals surface area contributed by atoms with Crippen molar-refractivity contribution >= 4 is 0 Å². The first-order valence-corrected chi connectivity index (χ1v) is 3.92. The van der Waals surface area contributed by atoms with Crippen molar-refractivity contribution in [2.24, 2.45) is 11.8 Å². The molecule has 0 fully saturated rings. The van der Waals surface area contributed by atoms with Crippen LogP contribution in [0.25, 0.3) is 0 Å². The maximum Gasteiger partial charge on any atom is 0.0541 e. The largest absolute Gasteiger partial charge is 0.396 e. The fourth-order valence-electron chi connectivity index (χ4n) is 1.06. The second kappa shape index (κ2) is 4.69. The van der Waals surface area contributed by atoms with Gasteiger partial charge >= 0.3 is 0 Å². The summed E-state index contributed by atoms with van der Waals surface area (Å²) >= 11 is 0. The Kier molecular flexibility index (Phi) is 4.65. The van der Waals surface area contributed by atoms with Crippen molar-refractivity contribution in [3.8, 4) is 0 Å². The van der Waals surface area contributed by atoms with E-state index in [1.165, 1.54) is 0 Å². The van der Waals surface area contributed by atoms with E-state index < -0.39 is 0 Å². The first-order valence-electron chi connectivity index (χ1n) is 3.92. The van der Waals surface area contributed by atoms with E-state index in [0.29, 0.717) is 0 Å². The normalized spacial score (nSPS) is 20.1. The third-order valence-electron chi connectivity index (χ3n) is 2.26. The molecule has 0 rings (SSSR count). The molecule has 62 valence electrons. The van der Waals surface area contributed by atoms with Crippen molar-refractivity contribution < 1.29 is 10.2 Å². The van der Waals surface area contributed by atoms with Crippen molar-refractivity contribution in [2.45, 2.75) is 33.3 Å². The lowest BCUT2D eigenvalue weighted by molar-refractivity contribution is 0.0686. The fraction of sp³-hybridized carbons (Fsp3) is 1.00. The smallest absolute Gasteiger partial charge is 0.0541 e. The van der Waals surface area contributed by atoms with E-state index in [9.17, 15) is 0 Å². The average molecular weight is 146 g/mol. The molecule has 10 heavy (non-hydrogen) atoms. The summed E-state index contributed by atoms with van der Waals surface area (Å²) in [7, 11) is 0. The number of hydrogen-bond acceptors (Lipinski definition) is 2. The van der Waals surface area contributed by atoms with Crippen molar-refractivity contribution in [1.82, 2.24) is 0 Å². The molecule has 2 N–H and O–H groups in total. The minimum absolute atomic E-state index is 0.183. The van der Waals surface area contributed by atoms with Crippen LogP contribution in [0, 0.1) is 11.8 Å². The third kappa shape index (κ3) is 2.67.